The molecule has 90 valence electrons. The molecule has 0 aliphatic carbocycles. The van der Waals surface area contributed by atoms with E-state index in [2.05, 4.69) is 6.92 Å². The Morgan fingerprint density at radius 3 is 2.62 bits per heavy atom. The maximum absolute atomic E-state index is 10.8. The molecular formula is C13H21NO2. The van der Waals surface area contributed by atoms with Crippen LogP contribution in [0.4, 0.5) is 0 Å². The molecule has 0 spiro atoms. The first-order chi connectivity index (χ1) is 7.74. The summed E-state index contributed by atoms with van der Waals surface area (Å²) in [5.41, 5.74) is 5.63. The van der Waals surface area contributed by atoms with Crippen molar-refractivity contribution in [2.75, 3.05) is 6.61 Å². The number of ether oxygens (including phenoxy) is 1. The Morgan fingerprint density at radius 2 is 2.06 bits per heavy atom. The quantitative estimate of drug-likeness (QED) is 0.780. The molecule has 0 aliphatic rings. The third-order valence-electron chi connectivity index (χ3n) is 1.89. The van der Waals surface area contributed by atoms with Crippen molar-refractivity contribution in [3.63, 3.8) is 0 Å². The number of hydrogen-bond acceptors (Lipinski definition) is 2. The molecule has 0 bridgehead atoms. The molecule has 0 heterocycles. The monoisotopic (exact) mass is 223 g/mol. The summed E-state index contributed by atoms with van der Waals surface area (Å²) in [4.78, 5) is 10.8. The van der Waals surface area contributed by atoms with Crippen LogP contribution in [0.5, 0.6) is 5.75 Å². The van der Waals surface area contributed by atoms with Gasteiger partial charge in [0.1, 0.15) is 5.75 Å². The Hall–Kier alpha value is -1.51. The summed E-state index contributed by atoms with van der Waals surface area (Å²) in [5.74, 6) is 0.278. The third-order valence-corrected chi connectivity index (χ3v) is 1.89. The van der Waals surface area contributed by atoms with Crippen LogP contribution in [-0.4, -0.2) is 12.5 Å². The number of amides is 1. The van der Waals surface area contributed by atoms with Crippen LogP contribution in [0.2, 0.25) is 0 Å². The van der Waals surface area contributed by atoms with Crippen LogP contribution >= 0.6 is 0 Å². The molecule has 1 aromatic carbocycles. The van der Waals surface area contributed by atoms with Crippen molar-refractivity contribution in [1.82, 2.24) is 0 Å². The van der Waals surface area contributed by atoms with Crippen molar-refractivity contribution in [1.29, 1.82) is 0 Å². The fourth-order valence-electron chi connectivity index (χ4n) is 1.07. The number of primary amides is 1. The van der Waals surface area contributed by atoms with Gasteiger partial charge in [-0.25, -0.2) is 0 Å². The van der Waals surface area contributed by atoms with Crippen molar-refractivity contribution in [3.8, 4) is 5.75 Å². The smallest absolute Gasteiger partial charge is 0.248 e. The summed E-state index contributed by atoms with van der Waals surface area (Å²) in [6.45, 7) is 6.78. The van der Waals surface area contributed by atoms with Crippen molar-refractivity contribution in [3.05, 3.63) is 29.8 Å². The minimum absolute atomic E-state index is 0.425. The Morgan fingerprint density at radius 1 is 1.38 bits per heavy atom. The zero-order chi connectivity index (χ0) is 12.4. The van der Waals surface area contributed by atoms with Crippen LogP contribution < -0.4 is 10.5 Å². The molecule has 0 atom stereocenters. The van der Waals surface area contributed by atoms with Crippen molar-refractivity contribution in [2.45, 2.75) is 33.6 Å². The highest BCUT2D eigenvalue weighted by Gasteiger charge is 2.01. The zero-order valence-electron chi connectivity index (χ0n) is 10.3. The number of hydrogen-bond donors (Lipinski definition) is 1. The molecule has 1 rings (SSSR count). The van der Waals surface area contributed by atoms with E-state index in [1.165, 1.54) is 0 Å². The molecule has 2 N–H and O–H groups in total. The van der Waals surface area contributed by atoms with Gasteiger partial charge in [-0.15, -0.1) is 0 Å². The van der Waals surface area contributed by atoms with E-state index in [0.29, 0.717) is 17.9 Å². The summed E-state index contributed by atoms with van der Waals surface area (Å²) in [6.07, 6.45) is 2.11. The Kier molecular flexibility index (Phi) is 7.94. The largest absolute Gasteiger partial charge is 0.494 e. The van der Waals surface area contributed by atoms with Gasteiger partial charge >= 0.3 is 0 Å². The van der Waals surface area contributed by atoms with E-state index in [0.717, 1.165) is 12.8 Å². The fourth-order valence-corrected chi connectivity index (χ4v) is 1.07. The predicted octanol–water partition coefficient (Wildman–Crippen LogP) is 2.99. The number of carbonyl (C=O) groups is 1. The molecule has 0 aliphatic heterocycles. The molecule has 3 heteroatoms. The summed E-state index contributed by atoms with van der Waals surface area (Å²) >= 11 is 0. The molecule has 0 unspecified atom stereocenters. The summed E-state index contributed by atoms with van der Waals surface area (Å²) in [7, 11) is 0. The minimum Gasteiger partial charge on any atom is -0.494 e. The molecular weight excluding hydrogens is 202 g/mol. The van der Waals surface area contributed by atoms with Gasteiger partial charge in [-0.05, 0) is 24.6 Å². The Bertz CT molecular complexity index is 311. The van der Waals surface area contributed by atoms with E-state index < -0.39 is 5.91 Å². The van der Waals surface area contributed by atoms with Gasteiger partial charge < -0.3 is 10.5 Å². The molecule has 0 radical (unpaired) electrons. The topological polar surface area (TPSA) is 52.3 Å². The van der Waals surface area contributed by atoms with Crippen LogP contribution in [0, 0.1) is 0 Å². The van der Waals surface area contributed by atoms with Crippen molar-refractivity contribution >= 4 is 5.91 Å². The highest BCUT2D eigenvalue weighted by atomic mass is 16.5. The second kappa shape index (κ2) is 8.77. The molecule has 0 fully saturated rings. The first-order valence-corrected chi connectivity index (χ1v) is 5.76. The number of rotatable bonds is 5. The number of unbranched alkanes of at least 4 members (excludes halogenated alkanes) is 1. The van der Waals surface area contributed by atoms with E-state index in [4.69, 9.17) is 10.5 Å². The zero-order valence-corrected chi connectivity index (χ0v) is 10.3. The van der Waals surface area contributed by atoms with E-state index >= 15 is 0 Å². The lowest BCUT2D eigenvalue weighted by Crippen LogP contribution is -2.10. The molecule has 0 aromatic heterocycles. The summed E-state index contributed by atoms with van der Waals surface area (Å²) in [6, 6.07) is 6.93. The first kappa shape index (κ1) is 14.5. The molecule has 16 heavy (non-hydrogen) atoms. The van der Waals surface area contributed by atoms with Gasteiger partial charge in [0.05, 0.1) is 6.61 Å². The van der Waals surface area contributed by atoms with Crippen molar-refractivity contribution in [2.24, 2.45) is 5.73 Å². The van der Waals surface area contributed by atoms with Gasteiger partial charge in [0.2, 0.25) is 5.91 Å². The second-order valence-electron chi connectivity index (χ2n) is 3.09. The molecule has 0 saturated heterocycles. The molecule has 3 nitrogen and oxygen atoms in total. The summed E-state index contributed by atoms with van der Waals surface area (Å²) < 4.78 is 5.43. The SMILES string of the molecule is CC.CCCCOc1cccc(C(N)=O)c1. The van der Waals surface area contributed by atoms with Gasteiger partial charge in [0.15, 0.2) is 0 Å². The van der Waals surface area contributed by atoms with Gasteiger partial charge in [0, 0.05) is 5.56 Å². The average molecular weight is 223 g/mol. The minimum atomic E-state index is -0.425. The maximum Gasteiger partial charge on any atom is 0.248 e. The van der Waals surface area contributed by atoms with E-state index in [1.807, 2.05) is 19.9 Å². The van der Waals surface area contributed by atoms with Crippen LogP contribution in [0.1, 0.15) is 44.0 Å². The highest BCUT2D eigenvalue weighted by molar-refractivity contribution is 5.93. The van der Waals surface area contributed by atoms with Gasteiger partial charge in [-0.2, -0.15) is 0 Å². The van der Waals surface area contributed by atoms with Crippen LogP contribution in [0.25, 0.3) is 0 Å². The number of benzene rings is 1. The Labute approximate surface area is 97.6 Å². The van der Waals surface area contributed by atoms with Gasteiger partial charge in [-0.1, -0.05) is 33.3 Å². The standard InChI is InChI=1S/C11H15NO2.C2H6/c1-2-3-7-14-10-6-4-5-9(8-10)11(12)13;1-2/h4-6,8H,2-3,7H2,1H3,(H2,12,13);1-2H3. The fraction of sp³-hybridized carbons (Fsp3) is 0.462. The lowest BCUT2D eigenvalue weighted by molar-refractivity contribution is 0.1000. The lowest BCUT2D eigenvalue weighted by Gasteiger charge is -2.05. The third kappa shape index (κ3) is 5.39. The number of carbonyl (C=O) groups excluding carboxylic acids is 1. The maximum atomic E-state index is 10.8. The summed E-state index contributed by atoms with van der Waals surface area (Å²) in [5, 5.41) is 0. The van der Waals surface area contributed by atoms with Crippen LogP contribution in [0.3, 0.4) is 0 Å². The average Bonchev–Trinajstić information content (AvgIpc) is 2.32. The molecule has 1 amide bonds. The molecule has 1 aromatic rings. The van der Waals surface area contributed by atoms with Crippen molar-refractivity contribution < 1.29 is 9.53 Å². The van der Waals surface area contributed by atoms with E-state index in [1.54, 1.807) is 18.2 Å². The van der Waals surface area contributed by atoms with E-state index in [9.17, 15) is 4.79 Å². The predicted molar refractivity (Wildman–Crippen MR) is 66.7 cm³/mol. The van der Waals surface area contributed by atoms with Gasteiger partial charge in [0.25, 0.3) is 0 Å². The second-order valence-corrected chi connectivity index (χ2v) is 3.09. The highest BCUT2D eigenvalue weighted by Crippen LogP contribution is 2.13. The van der Waals surface area contributed by atoms with Crippen LogP contribution in [0.15, 0.2) is 24.3 Å². The lowest BCUT2D eigenvalue weighted by atomic mass is 10.2. The molecule has 0 saturated carbocycles. The van der Waals surface area contributed by atoms with Crippen LogP contribution in [-0.2, 0) is 0 Å². The van der Waals surface area contributed by atoms with Gasteiger partial charge in [-0.3, -0.25) is 4.79 Å². The normalized spacial score (nSPS) is 8.94. The first-order valence-electron chi connectivity index (χ1n) is 5.76. The Balaban J connectivity index is 0.00000106. The number of nitrogens with two attached hydrogens (primary N) is 1. The van der Waals surface area contributed by atoms with E-state index in [-0.39, 0.29) is 0 Å².